The SMILES string of the molecule is Oc1ccc(F)cc1C(O)Cn1ccnc1. The van der Waals surface area contributed by atoms with Gasteiger partial charge < -0.3 is 14.8 Å². The Hall–Kier alpha value is -1.88. The maximum absolute atomic E-state index is 12.9. The summed E-state index contributed by atoms with van der Waals surface area (Å²) >= 11 is 0. The van der Waals surface area contributed by atoms with Gasteiger partial charge in [0, 0.05) is 18.0 Å². The van der Waals surface area contributed by atoms with Crippen LogP contribution in [0.25, 0.3) is 0 Å². The summed E-state index contributed by atoms with van der Waals surface area (Å²) in [7, 11) is 0. The lowest BCUT2D eigenvalue weighted by Gasteiger charge is -2.13. The third-order valence-electron chi connectivity index (χ3n) is 2.29. The van der Waals surface area contributed by atoms with Crippen LogP contribution in [0, 0.1) is 5.82 Å². The topological polar surface area (TPSA) is 58.3 Å². The molecule has 4 nitrogen and oxygen atoms in total. The van der Waals surface area contributed by atoms with Crippen molar-refractivity contribution >= 4 is 0 Å². The summed E-state index contributed by atoms with van der Waals surface area (Å²) < 4.78 is 14.6. The first-order chi connectivity index (χ1) is 7.66. The molecule has 2 aromatic rings. The molecule has 0 radical (unpaired) electrons. The first-order valence-corrected chi connectivity index (χ1v) is 4.79. The predicted molar refractivity (Wildman–Crippen MR) is 55.3 cm³/mol. The number of imidazole rings is 1. The van der Waals surface area contributed by atoms with E-state index in [4.69, 9.17) is 0 Å². The van der Waals surface area contributed by atoms with Gasteiger partial charge in [0.2, 0.25) is 0 Å². The Bertz CT molecular complexity index is 471. The normalized spacial score (nSPS) is 12.6. The van der Waals surface area contributed by atoms with Gasteiger partial charge in [0.25, 0.3) is 0 Å². The first-order valence-electron chi connectivity index (χ1n) is 4.79. The molecule has 2 rings (SSSR count). The van der Waals surface area contributed by atoms with Crippen LogP contribution in [0.2, 0.25) is 0 Å². The molecule has 1 aromatic heterocycles. The summed E-state index contributed by atoms with van der Waals surface area (Å²) in [5, 5.41) is 19.3. The van der Waals surface area contributed by atoms with E-state index in [-0.39, 0.29) is 17.9 Å². The van der Waals surface area contributed by atoms with Crippen LogP contribution in [-0.4, -0.2) is 19.8 Å². The molecule has 1 atom stereocenters. The highest BCUT2D eigenvalue weighted by Gasteiger charge is 2.13. The summed E-state index contributed by atoms with van der Waals surface area (Å²) in [5.41, 5.74) is 0.175. The van der Waals surface area contributed by atoms with E-state index in [1.54, 1.807) is 23.3 Å². The Morgan fingerprint density at radius 2 is 2.25 bits per heavy atom. The molecule has 0 amide bonds. The quantitative estimate of drug-likeness (QED) is 0.826. The fraction of sp³-hybridized carbons (Fsp3) is 0.182. The smallest absolute Gasteiger partial charge is 0.123 e. The summed E-state index contributed by atoms with van der Waals surface area (Å²) in [6.07, 6.45) is 3.84. The fourth-order valence-corrected chi connectivity index (χ4v) is 1.49. The number of aromatic nitrogens is 2. The van der Waals surface area contributed by atoms with Crippen LogP contribution < -0.4 is 0 Å². The van der Waals surface area contributed by atoms with Crippen molar-refractivity contribution in [1.82, 2.24) is 9.55 Å². The minimum atomic E-state index is -0.968. The van der Waals surface area contributed by atoms with E-state index in [1.807, 2.05) is 0 Å². The largest absolute Gasteiger partial charge is 0.508 e. The highest BCUT2D eigenvalue weighted by molar-refractivity contribution is 5.34. The summed E-state index contributed by atoms with van der Waals surface area (Å²) in [5.74, 6) is -0.605. The molecule has 1 heterocycles. The molecule has 0 aliphatic heterocycles. The van der Waals surface area contributed by atoms with Gasteiger partial charge in [0.15, 0.2) is 0 Å². The average molecular weight is 222 g/mol. The highest BCUT2D eigenvalue weighted by Crippen LogP contribution is 2.25. The number of rotatable bonds is 3. The van der Waals surface area contributed by atoms with Crippen molar-refractivity contribution in [3.8, 4) is 5.75 Å². The molecule has 16 heavy (non-hydrogen) atoms. The number of halogens is 1. The molecule has 5 heteroatoms. The zero-order valence-electron chi connectivity index (χ0n) is 8.42. The van der Waals surface area contributed by atoms with Crippen LogP contribution >= 0.6 is 0 Å². The molecule has 2 N–H and O–H groups in total. The molecule has 0 aliphatic rings. The van der Waals surface area contributed by atoms with Gasteiger partial charge in [0.05, 0.1) is 12.9 Å². The van der Waals surface area contributed by atoms with Gasteiger partial charge in [-0.05, 0) is 18.2 Å². The number of nitrogens with zero attached hydrogens (tertiary/aromatic N) is 2. The molecule has 1 aromatic carbocycles. The second kappa shape index (κ2) is 4.32. The molecule has 0 saturated carbocycles. The van der Waals surface area contributed by atoms with Crippen molar-refractivity contribution in [2.75, 3.05) is 0 Å². The molecule has 84 valence electrons. The number of phenols is 1. The fourth-order valence-electron chi connectivity index (χ4n) is 1.49. The van der Waals surface area contributed by atoms with Crippen LogP contribution in [-0.2, 0) is 6.54 Å². The lowest BCUT2D eigenvalue weighted by atomic mass is 10.1. The molecule has 0 fully saturated rings. The van der Waals surface area contributed by atoms with E-state index < -0.39 is 11.9 Å². The van der Waals surface area contributed by atoms with Crippen LogP contribution in [0.4, 0.5) is 4.39 Å². The van der Waals surface area contributed by atoms with Crippen LogP contribution in [0.5, 0.6) is 5.75 Å². The number of aliphatic hydroxyl groups excluding tert-OH is 1. The zero-order chi connectivity index (χ0) is 11.5. The molecular formula is C11H11FN2O2. The standard InChI is InChI=1S/C11H11FN2O2/c12-8-1-2-10(15)9(5-8)11(16)6-14-4-3-13-7-14/h1-5,7,11,15-16H,6H2. The molecule has 0 spiro atoms. The van der Waals surface area contributed by atoms with Gasteiger partial charge in [-0.3, -0.25) is 0 Å². The molecular weight excluding hydrogens is 211 g/mol. The predicted octanol–water partition coefficient (Wildman–Crippen LogP) is 1.46. The van der Waals surface area contributed by atoms with Crippen LogP contribution in [0.1, 0.15) is 11.7 Å². The number of benzene rings is 1. The van der Waals surface area contributed by atoms with Crippen molar-refractivity contribution in [2.24, 2.45) is 0 Å². The van der Waals surface area contributed by atoms with Gasteiger partial charge in [-0.2, -0.15) is 0 Å². The maximum Gasteiger partial charge on any atom is 0.123 e. The third kappa shape index (κ3) is 2.20. The molecule has 0 bridgehead atoms. The third-order valence-corrected chi connectivity index (χ3v) is 2.29. The first kappa shape index (κ1) is 10.6. The Balaban J connectivity index is 2.20. The van der Waals surface area contributed by atoms with E-state index in [1.165, 1.54) is 6.07 Å². The minimum absolute atomic E-state index is 0.117. The molecule has 0 aliphatic carbocycles. The van der Waals surface area contributed by atoms with Crippen LogP contribution in [0.15, 0.2) is 36.9 Å². The average Bonchev–Trinajstić information content (AvgIpc) is 2.74. The van der Waals surface area contributed by atoms with Gasteiger partial charge in [0.1, 0.15) is 17.7 Å². The van der Waals surface area contributed by atoms with E-state index in [0.717, 1.165) is 12.1 Å². The number of hydrogen-bond acceptors (Lipinski definition) is 3. The van der Waals surface area contributed by atoms with E-state index >= 15 is 0 Å². The van der Waals surface area contributed by atoms with Gasteiger partial charge >= 0.3 is 0 Å². The van der Waals surface area contributed by atoms with E-state index in [2.05, 4.69) is 4.98 Å². The Labute approximate surface area is 91.6 Å². The van der Waals surface area contributed by atoms with Gasteiger partial charge in [-0.15, -0.1) is 0 Å². The summed E-state index contributed by atoms with van der Waals surface area (Å²) in [6.45, 7) is 0.219. The van der Waals surface area contributed by atoms with Crippen molar-refractivity contribution in [2.45, 2.75) is 12.6 Å². The number of hydrogen-bond donors (Lipinski definition) is 2. The van der Waals surface area contributed by atoms with Crippen molar-refractivity contribution in [3.05, 3.63) is 48.3 Å². The maximum atomic E-state index is 12.9. The summed E-state index contributed by atoms with van der Waals surface area (Å²) in [6, 6.07) is 3.49. The summed E-state index contributed by atoms with van der Waals surface area (Å²) in [4.78, 5) is 3.82. The Morgan fingerprint density at radius 1 is 1.44 bits per heavy atom. The lowest BCUT2D eigenvalue weighted by Crippen LogP contribution is -2.07. The number of aromatic hydroxyl groups is 1. The number of phenolic OH excluding ortho intramolecular Hbond substituents is 1. The lowest BCUT2D eigenvalue weighted by molar-refractivity contribution is 0.152. The van der Waals surface area contributed by atoms with Crippen molar-refractivity contribution in [1.29, 1.82) is 0 Å². The second-order valence-corrected chi connectivity index (χ2v) is 3.48. The highest BCUT2D eigenvalue weighted by atomic mass is 19.1. The monoisotopic (exact) mass is 222 g/mol. The number of aliphatic hydroxyl groups is 1. The molecule has 1 unspecified atom stereocenters. The second-order valence-electron chi connectivity index (χ2n) is 3.48. The minimum Gasteiger partial charge on any atom is -0.508 e. The zero-order valence-corrected chi connectivity index (χ0v) is 8.42. The van der Waals surface area contributed by atoms with Gasteiger partial charge in [-0.25, -0.2) is 9.37 Å². The Kier molecular flexibility index (Phi) is 2.87. The van der Waals surface area contributed by atoms with Crippen LogP contribution in [0.3, 0.4) is 0 Å². The van der Waals surface area contributed by atoms with Crippen molar-refractivity contribution in [3.63, 3.8) is 0 Å². The van der Waals surface area contributed by atoms with E-state index in [0.29, 0.717) is 0 Å². The van der Waals surface area contributed by atoms with Gasteiger partial charge in [-0.1, -0.05) is 0 Å². The van der Waals surface area contributed by atoms with Crippen molar-refractivity contribution < 1.29 is 14.6 Å². The molecule has 0 saturated heterocycles. The Morgan fingerprint density at radius 3 is 2.94 bits per heavy atom. The van der Waals surface area contributed by atoms with E-state index in [9.17, 15) is 14.6 Å².